The van der Waals surface area contributed by atoms with Gasteiger partial charge in [0.2, 0.25) is 11.8 Å². The number of rotatable bonds is 10. The predicted octanol–water partition coefficient (Wildman–Crippen LogP) is 2.07. The molecule has 0 heterocycles. The Labute approximate surface area is 221 Å². The summed E-state index contributed by atoms with van der Waals surface area (Å²) in [6.45, 7) is 2.92. The smallest absolute Gasteiger partial charge is 0.252 e. The zero-order valence-corrected chi connectivity index (χ0v) is 21.5. The molecule has 0 saturated heterocycles. The van der Waals surface area contributed by atoms with E-state index < -0.39 is 41.2 Å². The van der Waals surface area contributed by atoms with Gasteiger partial charge in [0.1, 0.15) is 17.4 Å². The van der Waals surface area contributed by atoms with Gasteiger partial charge in [0.25, 0.3) is 5.91 Å². The van der Waals surface area contributed by atoms with E-state index in [1.165, 1.54) is 26.0 Å². The normalized spacial score (nSPS) is 12.7. The zero-order chi connectivity index (χ0) is 26.3. The Hall–Kier alpha value is -3.53. The van der Waals surface area contributed by atoms with Gasteiger partial charge in [0.05, 0.1) is 6.10 Å². The van der Waals surface area contributed by atoms with E-state index in [0.29, 0.717) is 0 Å². The van der Waals surface area contributed by atoms with Crippen LogP contribution < -0.4 is 21.7 Å². The van der Waals surface area contributed by atoms with E-state index in [9.17, 15) is 23.9 Å². The maximum atomic E-state index is 13.2. The zero-order valence-electron chi connectivity index (χ0n) is 20.7. The number of nitrogens with two attached hydrogens (primary N) is 1. The van der Waals surface area contributed by atoms with Gasteiger partial charge in [-0.25, -0.2) is 4.39 Å². The first-order valence-electron chi connectivity index (χ1n) is 11.6. The van der Waals surface area contributed by atoms with Crippen molar-refractivity contribution in [2.45, 2.75) is 38.0 Å². The van der Waals surface area contributed by atoms with Gasteiger partial charge in [-0.1, -0.05) is 42.5 Å². The first kappa shape index (κ1) is 29.7. The van der Waals surface area contributed by atoms with Crippen molar-refractivity contribution in [1.29, 1.82) is 0 Å². The summed E-state index contributed by atoms with van der Waals surface area (Å²) in [7, 11) is 0. The number of fused-ring (bicyclic) bond motifs is 1. The van der Waals surface area contributed by atoms with Crippen LogP contribution >= 0.6 is 12.4 Å². The first-order chi connectivity index (χ1) is 17.1. The molecule has 3 amide bonds. The minimum absolute atomic E-state index is 0. The van der Waals surface area contributed by atoms with Crippen LogP contribution in [0.4, 0.5) is 4.39 Å². The second kappa shape index (κ2) is 13.1. The average molecular weight is 531 g/mol. The molecule has 0 fully saturated rings. The molecule has 0 radical (unpaired) electrons. The summed E-state index contributed by atoms with van der Waals surface area (Å²) in [5.41, 5.74) is 5.05. The fourth-order valence-corrected chi connectivity index (χ4v) is 3.59. The summed E-state index contributed by atoms with van der Waals surface area (Å²) in [5, 5.41) is 19.7. The molecule has 3 rings (SSSR count). The Kier molecular flexibility index (Phi) is 10.5. The predicted molar refractivity (Wildman–Crippen MR) is 143 cm³/mol. The third-order valence-corrected chi connectivity index (χ3v) is 5.76. The van der Waals surface area contributed by atoms with E-state index in [-0.39, 0.29) is 37.5 Å². The number of aliphatic hydroxyl groups excluding tert-OH is 1. The maximum Gasteiger partial charge on any atom is 0.252 e. The Morgan fingerprint density at radius 1 is 1.00 bits per heavy atom. The molecule has 8 nitrogen and oxygen atoms in total. The molecule has 0 bridgehead atoms. The van der Waals surface area contributed by atoms with Gasteiger partial charge in [-0.05, 0) is 54.4 Å². The number of aliphatic hydroxyl groups is 1. The Morgan fingerprint density at radius 3 is 2.30 bits per heavy atom. The molecule has 6 N–H and O–H groups in total. The highest BCUT2D eigenvalue weighted by atomic mass is 35.5. The lowest BCUT2D eigenvalue weighted by Gasteiger charge is -2.28. The molecule has 0 saturated carbocycles. The number of carbonyl (C=O) groups is 3. The molecule has 3 aromatic carbocycles. The number of benzene rings is 3. The van der Waals surface area contributed by atoms with Crippen molar-refractivity contribution < 1.29 is 23.9 Å². The van der Waals surface area contributed by atoms with Crippen molar-refractivity contribution in [1.82, 2.24) is 16.0 Å². The van der Waals surface area contributed by atoms with Crippen LogP contribution in [0.1, 0.15) is 29.8 Å². The van der Waals surface area contributed by atoms with Gasteiger partial charge in [-0.15, -0.1) is 12.4 Å². The van der Waals surface area contributed by atoms with Crippen molar-refractivity contribution in [2.75, 3.05) is 13.1 Å². The fraction of sp³-hybridized carbons (Fsp3) is 0.296. The average Bonchev–Trinajstić information content (AvgIpc) is 2.86. The number of hydrogen-bond acceptors (Lipinski definition) is 5. The van der Waals surface area contributed by atoms with Gasteiger partial charge < -0.3 is 26.8 Å². The van der Waals surface area contributed by atoms with Crippen LogP contribution in [0.2, 0.25) is 0 Å². The van der Waals surface area contributed by atoms with Crippen LogP contribution in [0.3, 0.4) is 0 Å². The molecule has 0 spiro atoms. The first-order valence-corrected chi connectivity index (χ1v) is 11.6. The highest BCUT2D eigenvalue weighted by Crippen LogP contribution is 2.17. The summed E-state index contributed by atoms with van der Waals surface area (Å²) in [5.74, 6) is -2.12. The van der Waals surface area contributed by atoms with Crippen LogP contribution in [0.5, 0.6) is 0 Å². The SMILES string of the molecule is CC(C)(NC(=O)c1ccc(F)cc1)C(=O)NC(Cc1ccc2ccccc2c1)C(=O)NCC(O)CN.Cl. The monoisotopic (exact) mass is 530 g/mol. The van der Waals surface area contributed by atoms with Crippen molar-refractivity contribution >= 4 is 40.9 Å². The summed E-state index contributed by atoms with van der Waals surface area (Å²) in [6.07, 6.45) is -0.735. The molecule has 10 heteroatoms. The molecule has 2 atom stereocenters. The summed E-state index contributed by atoms with van der Waals surface area (Å²) in [6, 6.07) is 17.5. The maximum absolute atomic E-state index is 13.2. The quantitative estimate of drug-likeness (QED) is 0.274. The van der Waals surface area contributed by atoms with Crippen molar-refractivity contribution in [3.05, 3.63) is 83.7 Å². The molecule has 0 aromatic heterocycles. The van der Waals surface area contributed by atoms with Crippen LogP contribution in [0.15, 0.2) is 66.7 Å². The number of amides is 3. The lowest BCUT2D eigenvalue weighted by molar-refractivity contribution is -0.132. The molecular weight excluding hydrogens is 499 g/mol. The highest BCUT2D eigenvalue weighted by molar-refractivity contribution is 6.00. The van der Waals surface area contributed by atoms with E-state index >= 15 is 0 Å². The minimum atomic E-state index is -1.38. The summed E-state index contributed by atoms with van der Waals surface area (Å²) < 4.78 is 13.2. The third kappa shape index (κ3) is 8.24. The topological polar surface area (TPSA) is 134 Å². The lowest BCUT2D eigenvalue weighted by atomic mass is 9.98. The van der Waals surface area contributed by atoms with E-state index in [4.69, 9.17) is 5.73 Å². The fourth-order valence-electron chi connectivity index (χ4n) is 3.59. The van der Waals surface area contributed by atoms with Crippen molar-refractivity contribution in [3.8, 4) is 0 Å². The van der Waals surface area contributed by atoms with E-state index in [2.05, 4.69) is 16.0 Å². The van der Waals surface area contributed by atoms with Crippen molar-refractivity contribution in [3.63, 3.8) is 0 Å². The number of nitrogens with one attached hydrogen (secondary N) is 3. The van der Waals surface area contributed by atoms with Gasteiger partial charge in [0, 0.05) is 25.1 Å². The van der Waals surface area contributed by atoms with Crippen LogP contribution in [0, 0.1) is 5.82 Å². The third-order valence-electron chi connectivity index (χ3n) is 5.76. The largest absolute Gasteiger partial charge is 0.390 e. The lowest BCUT2D eigenvalue weighted by Crippen LogP contribution is -2.59. The molecule has 37 heavy (non-hydrogen) atoms. The molecule has 0 aliphatic rings. The highest BCUT2D eigenvalue weighted by Gasteiger charge is 2.33. The van der Waals surface area contributed by atoms with Crippen LogP contribution in [0.25, 0.3) is 10.8 Å². The Morgan fingerprint density at radius 2 is 1.65 bits per heavy atom. The Balaban J connectivity index is 0.00000481. The van der Waals surface area contributed by atoms with Crippen molar-refractivity contribution in [2.24, 2.45) is 5.73 Å². The number of carbonyl (C=O) groups excluding carboxylic acids is 3. The van der Waals surface area contributed by atoms with E-state index in [1.807, 2.05) is 42.5 Å². The van der Waals surface area contributed by atoms with Gasteiger partial charge >= 0.3 is 0 Å². The second-order valence-electron chi connectivity index (χ2n) is 9.13. The van der Waals surface area contributed by atoms with Gasteiger partial charge in [0.15, 0.2) is 0 Å². The molecular formula is C27H32ClFN4O4. The minimum Gasteiger partial charge on any atom is -0.390 e. The molecule has 2 unspecified atom stereocenters. The standard InChI is InChI=1S/C27H31FN4O4.ClH/c1-27(2,32-24(34)19-9-11-21(28)12-10-19)26(36)31-23(25(35)30-16-22(33)15-29)14-17-7-8-18-5-3-4-6-20(18)13-17;/h3-13,22-23,33H,14-16,29H2,1-2H3,(H,30,35)(H,31,36)(H,32,34);1H. The molecule has 0 aliphatic carbocycles. The summed E-state index contributed by atoms with van der Waals surface area (Å²) in [4.78, 5) is 38.7. The van der Waals surface area contributed by atoms with Crippen LogP contribution in [-0.2, 0) is 16.0 Å². The molecule has 3 aromatic rings. The Bertz CT molecular complexity index is 1240. The molecule has 0 aliphatic heterocycles. The van der Waals surface area contributed by atoms with E-state index in [0.717, 1.165) is 28.5 Å². The molecule has 198 valence electrons. The van der Waals surface area contributed by atoms with E-state index in [1.54, 1.807) is 0 Å². The van der Waals surface area contributed by atoms with Gasteiger partial charge in [-0.2, -0.15) is 0 Å². The number of halogens is 2. The number of hydrogen-bond donors (Lipinski definition) is 5. The van der Waals surface area contributed by atoms with Crippen LogP contribution in [-0.4, -0.2) is 53.6 Å². The summed E-state index contributed by atoms with van der Waals surface area (Å²) >= 11 is 0. The van der Waals surface area contributed by atoms with Gasteiger partial charge in [-0.3, -0.25) is 14.4 Å². The second-order valence-corrected chi connectivity index (χ2v) is 9.13.